The summed E-state index contributed by atoms with van der Waals surface area (Å²) in [6.45, 7) is 38.8. The minimum absolute atomic E-state index is 0.0666. The van der Waals surface area contributed by atoms with Crippen LogP contribution in [0.5, 0.6) is 0 Å². The zero-order valence-electron chi connectivity index (χ0n) is 72.8. The van der Waals surface area contributed by atoms with Crippen LogP contribution in [-0.2, 0) is 76.7 Å². The van der Waals surface area contributed by atoms with Crippen LogP contribution in [0.4, 0.5) is 0 Å². The van der Waals surface area contributed by atoms with Crippen LogP contribution in [0.25, 0.3) is 0 Å². The maximum Gasteiger partial charge on any atom is 0.248 e. The predicted octanol–water partition coefficient (Wildman–Crippen LogP) is 1.26. The Morgan fingerprint density at radius 1 is 0.357 bits per heavy atom. The summed E-state index contributed by atoms with van der Waals surface area (Å²) in [6.07, 6.45) is 9.14. The molecule has 0 saturated carbocycles. The molecule has 650 valence electrons. The van der Waals surface area contributed by atoms with Crippen molar-refractivity contribution < 1.29 is 76.7 Å². The molecule has 34 nitrogen and oxygen atoms in total. The van der Waals surface area contributed by atoms with Gasteiger partial charge in [0.2, 0.25) is 94.5 Å². The van der Waals surface area contributed by atoms with Crippen molar-refractivity contribution in [2.75, 3.05) is 58.9 Å². The summed E-state index contributed by atoms with van der Waals surface area (Å²) in [7, 11) is 0. The second-order valence-electron chi connectivity index (χ2n) is 37.2. The number of hydrogen-bond donors (Lipinski definition) is 13. The average molecular weight is 1620 g/mol. The zero-order valence-corrected chi connectivity index (χ0v) is 72.8. The van der Waals surface area contributed by atoms with E-state index in [1.165, 1.54) is 97.8 Å². The van der Waals surface area contributed by atoms with Crippen molar-refractivity contribution in [2.45, 2.75) is 342 Å². The Balaban J connectivity index is 1.07. The van der Waals surface area contributed by atoms with Crippen LogP contribution < -0.4 is 69.1 Å². The summed E-state index contributed by atoms with van der Waals surface area (Å²) < 4.78 is 0. The number of piperidine rings is 3. The summed E-state index contributed by atoms with van der Waals surface area (Å²) in [5.41, 5.74) is -11.1. The number of rotatable bonds is 37. The molecular weight excluding hydrogens is 1480 g/mol. The van der Waals surface area contributed by atoms with E-state index in [0.29, 0.717) is 57.3 Å². The lowest BCUT2D eigenvalue weighted by Gasteiger charge is -2.42. The number of carbonyl (C=O) groups excluding carboxylic acids is 16. The zero-order chi connectivity index (χ0) is 86.8. The molecule has 0 bridgehead atoms. The Kier molecular flexibility index (Phi) is 34.6. The highest BCUT2D eigenvalue weighted by Gasteiger charge is 2.48. The molecular formula is C81H140N18O16. The normalized spacial score (nSPS) is 19.9. The van der Waals surface area contributed by atoms with E-state index < -0.39 is 164 Å². The first-order valence-electron chi connectivity index (χ1n) is 41.5. The number of nitrogens with zero attached hydrogens (tertiary/aromatic N) is 5. The van der Waals surface area contributed by atoms with Gasteiger partial charge in [0.25, 0.3) is 0 Å². The monoisotopic (exact) mass is 1620 g/mol. The fraction of sp³-hybridized carbons (Fsp3) is 0.802. The topological polar surface area (TPSA) is 446 Å². The number of carbonyl (C=O) groups is 16. The first-order chi connectivity index (χ1) is 53.1. The lowest BCUT2D eigenvalue weighted by atomic mass is 9.93. The molecule has 5 saturated heterocycles. The molecule has 0 radical (unpaired) electrons. The Hall–Kier alpha value is -8.56. The second-order valence-corrected chi connectivity index (χ2v) is 37.2. The van der Waals surface area contributed by atoms with Crippen molar-refractivity contribution >= 4 is 94.5 Å². The van der Waals surface area contributed by atoms with Crippen molar-refractivity contribution in [3.8, 4) is 0 Å². The third-order valence-electron chi connectivity index (χ3n) is 22.0. The minimum Gasteiger partial charge on any atom is -0.354 e. The standard InChI is InChI=1S/C81H140N18O16/c1-48(2)43-53(47-96-39-30-38-95-37-29-34-61(95)96)85-69(110)76(11,12)89-64(105)55(45-50(5)6)86-62(103)51(7)84-68(109)75(9,10)90-66(107)57-32-25-28-42-99(57)74(115)81(21,22)94-71(112)78(15,16)88-60(102)46-83-59(101)35-36-82-63(104)54(44-49(3)4)87-70(111)77(13,14)93-72(113)79(17,18)91-67(108)58-33-24-27-41-98(58)73(114)80(19,20)92-65(106)56-31-23-26-40-97(56)52(8)100/h48-51,53-58,61H,23-47H2,1-22H3,(H,82,104)(H,83,101)(H,84,109)(H,85,110)(H,86,103)(H,87,111)(H,88,102)(H,89,105)(H,90,107)(H,91,108)(H,92,106)(H,93,113)(H,94,112). The van der Waals surface area contributed by atoms with Crippen molar-refractivity contribution in [3.05, 3.63) is 0 Å². The third-order valence-corrected chi connectivity index (χ3v) is 22.0. The first kappa shape index (κ1) is 97.0. The van der Waals surface area contributed by atoms with E-state index in [1.54, 1.807) is 27.7 Å². The van der Waals surface area contributed by atoms with Crippen LogP contribution in [-0.4, -0.2) is 265 Å². The van der Waals surface area contributed by atoms with Crippen LogP contribution in [0.15, 0.2) is 0 Å². The molecule has 5 fully saturated rings. The summed E-state index contributed by atoms with van der Waals surface area (Å²) in [4.78, 5) is 230. The number of amides is 16. The van der Waals surface area contributed by atoms with E-state index in [4.69, 9.17) is 0 Å². The van der Waals surface area contributed by atoms with Gasteiger partial charge in [-0.25, -0.2) is 0 Å². The molecule has 5 aliphatic rings. The van der Waals surface area contributed by atoms with Gasteiger partial charge in [-0.15, -0.1) is 0 Å². The second kappa shape index (κ2) is 41.0. The van der Waals surface area contributed by atoms with Gasteiger partial charge in [0.05, 0.1) is 12.7 Å². The maximum absolute atomic E-state index is 14.5. The number of likely N-dealkylation sites (tertiary alicyclic amines) is 3. The molecule has 13 N–H and O–H groups in total. The quantitative estimate of drug-likeness (QED) is 0.0416. The van der Waals surface area contributed by atoms with E-state index in [-0.39, 0.29) is 81.4 Å². The van der Waals surface area contributed by atoms with Crippen LogP contribution >= 0.6 is 0 Å². The first-order valence-corrected chi connectivity index (χ1v) is 41.5. The van der Waals surface area contributed by atoms with Gasteiger partial charge in [0.15, 0.2) is 0 Å². The van der Waals surface area contributed by atoms with Gasteiger partial charge in [-0.2, -0.15) is 0 Å². The summed E-state index contributed by atoms with van der Waals surface area (Å²) in [5.74, 6) is -9.80. The van der Waals surface area contributed by atoms with Gasteiger partial charge in [-0.05, 0) is 224 Å². The third kappa shape index (κ3) is 28.1. The van der Waals surface area contributed by atoms with Gasteiger partial charge >= 0.3 is 0 Å². The summed E-state index contributed by atoms with van der Waals surface area (Å²) >= 11 is 0. The molecule has 5 rings (SSSR count). The summed E-state index contributed by atoms with van der Waals surface area (Å²) in [5, 5.41) is 35.6. The molecule has 5 heterocycles. The maximum atomic E-state index is 14.5. The SMILES string of the molecule is CC(=O)N1CCCCC1C(=O)NC(C)(C)C(=O)N1CCCCC1C(=O)NC(C)(C)C(=O)NC(C)(C)C(=O)NC(CC(C)C)C(=O)NCCC(=O)NCC(=O)NC(C)(C)C(=O)NC(C)(C)C(=O)N1CCCCC1C(=O)NC(C)(C)C(=O)NC(C)C(=O)NC(CC(C)C)C(=O)NC(C)(C)C(=O)NC(CC(C)C)CN1CCCN2CCCC21. The van der Waals surface area contributed by atoms with Crippen molar-refractivity contribution in [1.82, 2.24) is 93.6 Å². The molecule has 0 aromatic heterocycles. The smallest absolute Gasteiger partial charge is 0.248 e. The molecule has 5 aliphatic heterocycles. The highest BCUT2D eigenvalue weighted by molar-refractivity contribution is 6.03. The van der Waals surface area contributed by atoms with E-state index in [0.717, 1.165) is 58.2 Å². The molecule has 8 atom stereocenters. The van der Waals surface area contributed by atoms with Gasteiger partial charge in [-0.1, -0.05) is 41.5 Å². The molecule has 0 aromatic carbocycles. The average Bonchev–Trinajstić information content (AvgIpc) is 1.36. The molecule has 0 aliphatic carbocycles. The van der Waals surface area contributed by atoms with Crippen molar-refractivity contribution in [1.29, 1.82) is 0 Å². The molecule has 34 heteroatoms. The summed E-state index contributed by atoms with van der Waals surface area (Å²) in [6, 6.07) is -6.40. The van der Waals surface area contributed by atoms with E-state index in [2.05, 4.69) is 92.8 Å². The van der Waals surface area contributed by atoms with Gasteiger partial charge in [-0.3, -0.25) is 86.5 Å². The lowest BCUT2D eigenvalue weighted by Crippen LogP contribution is -2.67. The van der Waals surface area contributed by atoms with Crippen molar-refractivity contribution in [2.24, 2.45) is 17.8 Å². The van der Waals surface area contributed by atoms with Gasteiger partial charge in [0.1, 0.15) is 75.0 Å². The molecule has 115 heavy (non-hydrogen) atoms. The Bertz CT molecular complexity index is 3530. The Morgan fingerprint density at radius 3 is 1.27 bits per heavy atom. The van der Waals surface area contributed by atoms with Gasteiger partial charge < -0.3 is 83.8 Å². The molecule has 16 amide bonds. The number of hydrogen-bond acceptors (Lipinski definition) is 18. The molecule has 8 unspecified atom stereocenters. The van der Waals surface area contributed by atoms with Crippen LogP contribution in [0.1, 0.15) is 255 Å². The van der Waals surface area contributed by atoms with E-state index in [9.17, 15) is 76.7 Å². The van der Waals surface area contributed by atoms with Crippen LogP contribution in [0.3, 0.4) is 0 Å². The van der Waals surface area contributed by atoms with Gasteiger partial charge in [0, 0.05) is 65.2 Å². The highest BCUT2D eigenvalue weighted by Crippen LogP contribution is 2.29. The van der Waals surface area contributed by atoms with E-state index >= 15 is 0 Å². The highest BCUT2D eigenvalue weighted by atomic mass is 16.2. The fourth-order valence-electron chi connectivity index (χ4n) is 15.3. The van der Waals surface area contributed by atoms with Crippen molar-refractivity contribution in [3.63, 3.8) is 0 Å². The Morgan fingerprint density at radius 2 is 0.765 bits per heavy atom. The minimum atomic E-state index is -1.67. The van der Waals surface area contributed by atoms with E-state index in [1.807, 2.05) is 27.7 Å². The van der Waals surface area contributed by atoms with Crippen LogP contribution in [0.2, 0.25) is 0 Å². The lowest BCUT2D eigenvalue weighted by molar-refractivity contribution is -0.150. The number of fused-ring (bicyclic) bond motifs is 1. The van der Waals surface area contributed by atoms with Crippen LogP contribution in [0, 0.1) is 17.8 Å². The predicted molar refractivity (Wildman–Crippen MR) is 432 cm³/mol. The molecule has 0 spiro atoms. The largest absolute Gasteiger partial charge is 0.354 e. The Labute approximate surface area is 680 Å². The molecule has 0 aromatic rings. The number of nitrogens with one attached hydrogen (secondary N) is 13. The fourth-order valence-corrected chi connectivity index (χ4v) is 15.3.